The molecule has 1 unspecified atom stereocenters. The van der Waals surface area contributed by atoms with Crippen molar-refractivity contribution in [1.82, 2.24) is 20.0 Å². The van der Waals surface area contributed by atoms with Gasteiger partial charge in [-0.25, -0.2) is 4.68 Å². The van der Waals surface area contributed by atoms with Crippen LogP contribution in [0.1, 0.15) is 16.9 Å². The summed E-state index contributed by atoms with van der Waals surface area (Å²) in [6.07, 6.45) is 2.57. The molecule has 0 bridgehead atoms. The standard InChI is InChI=1S/C19H20N4O2/c1-22(15-9-10-20-13-15)19(24)17-12-16(18-8-5-11-25-18)21-23(17)14-6-3-2-4-7-14/h2-8,11-12,15,20H,9-10,13H2,1H3. The molecular formula is C19H20N4O2. The van der Waals surface area contributed by atoms with Crippen LogP contribution in [0.5, 0.6) is 0 Å². The van der Waals surface area contributed by atoms with Crippen molar-refractivity contribution in [2.45, 2.75) is 12.5 Å². The van der Waals surface area contributed by atoms with Crippen molar-refractivity contribution >= 4 is 5.91 Å². The average molecular weight is 336 g/mol. The molecule has 6 nitrogen and oxygen atoms in total. The van der Waals surface area contributed by atoms with Crippen LogP contribution in [-0.2, 0) is 0 Å². The van der Waals surface area contributed by atoms with Gasteiger partial charge in [0.2, 0.25) is 0 Å². The molecule has 0 aliphatic carbocycles. The molecule has 6 heteroatoms. The third-order valence-electron chi connectivity index (χ3n) is 4.61. The number of carbonyl (C=O) groups excluding carboxylic acids is 1. The van der Waals surface area contributed by atoms with E-state index in [1.807, 2.05) is 54.4 Å². The van der Waals surface area contributed by atoms with Crippen molar-refractivity contribution in [2.24, 2.45) is 0 Å². The zero-order chi connectivity index (χ0) is 17.2. The normalized spacial score (nSPS) is 16.9. The molecule has 3 aromatic rings. The summed E-state index contributed by atoms with van der Waals surface area (Å²) in [6.45, 7) is 1.77. The Hall–Kier alpha value is -2.86. The maximum atomic E-state index is 13.1. The summed E-state index contributed by atoms with van der Waals surface area (Å²) >= 11 is 0. The van der Waals surface area contributed by atoms with Crippen molar-refractivity contribution < 1.29 is 9.21 Å². The molecular weight excluding hydrogens is 316 g/mol. The predicted octanol–water partition coefficient (Wildman–Crippen LogP) is 2.57. The molecule has 128 valence electrons. The molecule has 1 atom stereocenters. The lowest BCUT2D eigenvalue weighted by atomic mass is 10.2. The molecule has 1 aliphatic heterocycles. The second-order valence-corrected chi connectivity index (χ2v) is 6.20. The summed E-state index contributed by atoms with van der Waals surface area (Å²) in [5, 5.41) is 7.91. The molecule has 1 aliphatic rings. The van der Waals surface area contributed by atoms with Crippen molar-refractivity contribution in [2.75, 3.05) is 20.1 Å². The number of amides is 1. The Morgan fingerprint density at radius 3 is 2.80 bits per heavy atom. The number of nitrogens with zero attached hydrogens (tertiary/aromatic N) is 3. The van der Waals surface area contributed by atoms with Crippen LogP contribution in [0.4, 0.5) is 0 Å². The highest BCUT2D eigenvalue weighted by atomic mass is 16.3. The van der Waals surface area contributed by atoms with E-state index in [-0.39, 0.29) is 11.9 Å². The van der Waals surface area contributed by atoms with Gasteiger partial charge in [0.25, 0.3) is 5.91 Å². The maximum absolute atomic E-state index is 13.1. The Balaban J connectivity index is 1.75. The molecule has 0 spiro atoms. The van der Waals surface area contributed by atoms with Crippen molar-refractivity contribution in [3.63, 3.8) is 0 Å². The SMILES string of the molecule is CN(C(=O)c1cc(-c2ccco2)nn1-c1ccccc1)C1CCNC1. The van der Waals surface area contributed by atoms with Gasteiger partial charge in [-0.3, -0.25) is 4.79 Å². The Morgan fingerprint density at radius 1 is 1.28 bits per heavy atom. The number of benzene rings is 1. The first kappa shape index (κ1) is 15.7. The lowest BCUT2D eigenvalue weighted by Crippen LogP contribution is -2.39. The highest BCUT2D eigenvalue weighted by molar-refractivity contribution is 5.94. The largest absolute Gasteiger partial charge is 0.463 e. The number of hydrogen-bond acceptors (Lipinski definition) is 4. The molecule has 1 N–H and O–H groups in total. The summed E-state index contributed by atoms with van der Waals surface area (Å²) in [4.78, 5) is 14.9. The molecule has 2 aromatic heterocycles. The first-order valence-corrected chi connectivity index (χ1v) is 8.41. The van der Waals surface area contributed by atoms with Crippen LogP contribution in [0, 0.1) is 0 Å². The summed E-state index contributed by atoms with van der Waals surface area (Å²) in [6, 6.07) is 15.3. The van der Waals surface area contributed by atoms with Crippen LogP contribution in [0.2, 0.25) is 0 Å². The summed E-state index contributed by atoms with van der Waals surface area (Å²) in [5.74, 6) is 0.608. The highest BCUT2D eigenvalue weighted by Gasteiger charge is 2.27. The Bertz CT molecular complexity index is 849. The molecule has 0 saturated carbocycles. The van der Waals surface area contributed by atoms with Crippen molar-refractivity contribution in [3.05, 3.63) is 60.5 Å². The van der Waals surface area contributed by atoms with E-state index in [1.54, 1.807) is 17.0 Å². The van der Waals surface area contributed by atoms with E-state index in [1.165, 1.54) is 0 Å². The van der Waals surface area contributed by atoms with Gasteiger partial charge in [0.05, 0.1) is 12.0 Å². The van der Waals surface area contributed by atoms with Gasteiger partial charge in [-0.2, -0.15) is 5.10 Å². The fraction of sp³-hybridized carbons (Fsp3) is 0.263. The lowest BCUT2D eigenvalue weighted by molar-refractivity contribution is 0.0734. The Labute approximate surface area is 146 Å². The number of nitrogens with one attached hydrogen (secondary N) is 1. The molecule has 1 amide bonds. The average Bonchev–Trinajstić information content (AvgIpc) is 3.42. The van der Waals surface area contributed by atoms with E-state index in [4.69, 9.17) is 4.42 Å². The first-order valence-electron chi connectivity index (χ1n) is 8.41. The number of furan rings is 1. The molecule has 4 rings (SSSR count). The maximum Gasteiger partial charge on any atom is 0.272 e. The highest BCUT2D eigenvalue weighted by Crippen LogP contribution is 2.23. The third-order valence-corrected chi connectivity index (χ3v) is 4.61. The van der Waals surface area contributed by atoms with E-state index >= 15 is 0 Å². The minimum absolute atomic E-state index is 0.0390. The van der Waals surface area contributed by atoms with Gasteiger partial charge in [-0.15, -0.1) is 0 Å². The number of aromatic nitrogens is 2. The van der Waals surface area contributed by atoms with Crippen LogP contribution < -0.4 is 5.32 Å². The Morgan fingerprint density at radius 2 is 2.12 bits per heavy atom. The van der Waals surface area contributed by atoms with Gasteiger partial charge in [0, 0.05) is 25.7 Å². The van der Waals surface area contributed by atoms with Gasteiger partial charge < -0.3 is 14.6 Å². The van der Waals surface area contributed by atoms with Crippen LogP contribution in [0.3, 0.4) is 0 Å². The van der Waals surface area contributed by atoms with Crippen LogP contribution in [0.15, 0.2) is 59.2 Å². The Kier molecular flexibility index (Phi) is 4.11. The third kappa shape index (κ3) is 2.96. The zero-order valence-corrected chi connectivity index (χ0v) is 14.1. The fourth-order valence-electron chi connectivity index (χ4n) is 3.16. The van der Waals surface area contributed by atoms with E-state index in [2.05, 4.69) is 10.4 Å². The van der Waals surface area contributed by atoms with Gasteiger partial charge >= 0.3 is 0 Å². The number of rotatable bonds is 4. The molecule has 3 heterocycles. The van der Waals surface area contributed by atoms with Gasteiger partial charge in [-0.1, -0.05) is 18.2 Å². The number of likely N-dealkylation sites (N-methyl/N-ethyl adjacent to an activating group) is 1. The molecule has 1 saturated heterocycles. The summed E-state index contributed by atoms with van der Waals surface area (Å²) in [7, 11) is 1.86. The second kappa shape index (κ2) is 6.57. The second-order valence-electron chi connectivity index (χ2n) is 6.20. The minimum atomic E-state index is -0.0390. The molecule has 25 heavy (non-hydrogen) atoms. The lowest BCUT2D eigenvalue weighted by Gasteiger charge is -2.23. The summed E-state index contributed by atoms with van der Waals surface area (Å²) in [5.41, 5.74) is 2.03. The summed E-state index contributed by atoms with van der Waals surface area (Å²) < 4.78 is 7.15. The number of hydrogen-bond donors (Lipinski definition) is 1. The van der Waals surface area contributed by atoms with Gasteiger partial charge in [0.15, 0.2) is 5.76 Å². The van der Waals surface area contributed by atoms with E-state index in [0.29, 0.717) is 17.1 Å². The number of carbonyl (C=O) groups is 1. The van der Waals surface area contributed by atoms with Crippen LogP contribution in [0.25, 0.3) is 17.1 Å². The predicted molar refractivity (Wildman–Crippen MR) is 94.6 cm³/mol. The van der Waals surface area contributed by atoms with E-state index < -0.39 is 0 Å². The van der Waals surface area contributed by atoms with Crippen molar-refractivity contribution in [3.8, 4) is 17.1 Å². The van der Waals surface area contributed by atoms with Gasteiger partial charge in [0.1, 0.15) is 11.4 Å². The zero-order valence-electron chi connectivity index (χ0n) is 14.1. The first-order chi connectivity index (χ1) is 12.2. The van der Waals surface area contributed by atoms with Crippen LogP contribution in [-0.4, -0.2) is 46.8 Å². The van der Waals surface area contributed by atoms with Gasteiger partial charge in [-0.05, 0) is 37.2 Å². The van der Waals surface area contributed by atoms with Crippen LogP contribution >= 0.6 is 0 Å². The number of para-hydroxylation sites is 1. The smallest absolute Gasteiger partial charge is 0.272 e. The topological polar surface area (TPSA) is 63.3 Å². The molecule has 0 radical (unpaired) electrons. The van der Waals surface area contributed by atoms with Crippen molar-refractivity contribution in [1.29, 1.82) is 0 Å². The molecule has 1 aromatic carbocycles. The van der Waals surface area contributed by atoms with E-state index in [9.17, 15) is 4.79 Å². The molecule has 1 fully saturated rings. The fourth-order valence-corrected chi connectivity index (χ4v) is 3.16. The monoisotopic (exact) mass is 336 g/mol. The van der Waals surface area contributed by atoms with E-state index in [0.717, 1.165) is 25.2 Å². The minimum Gasteiger partial charge on any atom is -0.463 e. The quantitative estimate of drug-likeness (QED) is 0.795.